The summed E-state index contributed by atoms with van der Waals surface area (Å²) in [4.78, 5) is 25.3. The summed E-state index contributed by atoms with van der Waals surface area (Å²) in [5.41, 5.74) is 4.28. The van der Waals surface area contributed by atoms with E-state index in [9.17, 15) is 9.59 Å². The Morgan fingerprint density at radius 3 is 2.34 bits per heavy atom. The third kappa shape index (κ3) is 4.41. The van der Waals surface area contributed by atoms with Gasteiger partial charge in [-0.15, -0.1) is 11.3 Å². The molecule has 3 nitrogen and oxygen atoms in total. The Labute approximate surface area is 192 Å². The summed E-state index contributed by atoms with van der Waals surface area (Å²) in [6, 6.07) is 21.4. The number of hydrogen-bond donors (Lipinski definition) is 0. The number of methoxy groups -OCH3 is 1. The van der Waals surface area contributed by atoms with Crippen molar-refractivity contribution in [2.45, 2.75) is 20.3 Å². The van der Waals surface area contributed by atoms with Crippen LogP contribution >= 0.6 is 11.3 Å². The van der Waals surface area contributed by atoms with E-state index in [2.05, 4.69) is 37.3 Å². The predicted octanol–water partition coefficient (Wildman–Crippen LogP) is 7.24. The number of ketones is 2. The van der Waals surface area contributed by atoms with Gasteiger partial charge in [-0.1, -0.05) is 55.5 Å². The molecular formula is C28H24O3S. The monoisotopic (exact) mass is 440 g/mol. The summed E-state index contributed by atoms with van der Waals surface area (Å²) in [7, 11) is 1.69. The fourth-order valence-electron chi connectivity index (χ4n) is 3.71. The first-order valence-electron chi connectivity index (χ1n) is 10.5. The van der Waals surface area contributed by atoms with E-state index in [1.54, 1.807) is 48.8 Å². The minimum atomic E-state index is -0.0959. The van der Waals surface area contributed by atoms with Crippen molar-refractivity contribution in [3.8, 4) is 16.2 Å². The lowest BCUT2D eigenvalue weighted by atomic mass is 9.98. The van der Waals surface area contributed by atoms with E-state index in [0.717, 1.165) is 33.7 Å². The maximum Gasteiger partial charge on any atom is 0.185 e. The molecule has 1 heterocycles. The first-order chi connectivity index (χ1) is 15.5. The standard InChI is InChI=1S/C28H24O3S/c1-4-19-16-26(31-3)24(28-17-23-7-5-6-8-27(23)32-28)15-22(19)13-14-25(30)21-11-9-20(10-12-21)18(2)29/h5-17H,4H2,1-3H3/b14-13+. The molecule has 4 heteroatoms. The van der Waals surface area contributed by atoms with E-state index >= 15 is 0 Å². The van der Waals surface area contributed by atoms with Gasteiger partial charge in [0.25, 0.3) is 0 Å². The molecule has 160 valence electrons. The predicted molar refractivity (Wildman–Crippen MR) is 133 cm³/mol. The Hall–Kier alpha value is -3.50. The summed E-state index contributed by atoms with van der Waals surface area (Å²) in [6.45, 7) is 3.61. The van der Waals surface area contributed by atoms with Crippen molar-refractivity contribution in [3.63, 3.8) is 0 Å². The molecule has 0 bridgehead atoms. The molecule has 32 heavy (non-hydrogen) atoms. The highest BCUT2D eigenvalue weighted by Crippen LogP contribution is 2.40. The van der Waals surface area contributed by atoms with Gasteiger partial charge in [-0.2, -0.15) is 0 Å². The molecule has 0 saturated heterocycles. The molecule has 3 aromatic carbocycles. The second kappa shape index (κ2) is 9.33. The minimum Gasteiger partial charge on any atom is -0.496 e. The minimum absolute atomic E-state index is 0.0147. The van der Waals surface area contributed by atoms with E-state index < -0.39 is 0 Å². The number of ether oxygens (including phenoxy) is 1. The van der Waals surface area contributed by atoms with Crippen molar-refractivity contribution >= 4 is 39.1 Å². The number of carbonyl (C=O) groups is 2. The fraction of sp³-hybridized carbons (Fsp3) is 0.143. The molecule has 0 N–H and O–H groups in total. The Balaban J connectivity index is 1.70. The highest BCUT2D eigenvalue weighted by molar-refractivity contribution is 7.22. The zero-order valence-electron chi connectivity index (χ0n) is 18.3. The fourth-order valence-corrected chi connectivity index (χ4v) is 4.79. The maximum atomic E-state index is 12.7. The van der Waals surface area contributed by atoms with Crippen molar-refractivity contribution in [2.24, 2.45) is 0 Å². The van der Waals surface area contributed by atoms with Gasteiger partial charge in [-0.05, 0) is 60.2 Å². The summed E-state index contributed by atoms with van der Waals surface area (Å²) in [5, 5.41) is 1.20. The zero-order chi connectivity index (χ0) is 22.7. The summed E-state index contributed by atoms with van der Waals surface area (Å²) < 4.78 is 6.93. The largest absolute Gasteiger partial charge is 0.496 e. The molecule has 4 aromatic rings. The van der Waals surface area contributed by atoms with Crippen molar-refractivity contribution in [1.82, 2.24) is 0 Å². The molecule has 0 amide bonds. The quantitative estimate of drug-likeness (QED) is 0.225. The topological polar surface area (TPSA) is 43.4 Å². The molecule has 4 rings (SSSR count). The Morgan fingerprint density at radius 2 is 1.69 bits per heavy atom. The van der Waals surface area contributed by atoms with E-state index in [-0.39, 0.29) is 11.6 Å². The van der Waals surface area contributed by atoms with Crippen LogP contribution in [0.4, 0.5) is 0 Å². The van der Waals surface area contributed by atoms with Crippen LogP contribution in [-0.4, -0.2) is 18.7 Å². The molecular weight excluding hydrogens is 416 g/mol. The first kappa shape index (κ1) is 21.7. The molecule has 1 aromatic heterocycles. The Kier molecular flexibility index (Phi) is 6.33. The van der Waals surface area contributed by atoms with Gasteiger partial charge in [0.15, 0.2) is 11.6 Å². The van der Waals surface area contributed by atoms with Gasteiger partial charge in [0.05, 0.1) is 7.11 Å². The van der Waals surface area contributed by atoms with Crippen LogP contribution in [0.5, 0.6) is 5.75 Å². The average Bonchev–Trinajstić information content (AvgIpc) is 3.26. The van der Waals surface area contributed by atoms with Crippen LogP contribution < -0.4 is 4.74 Å². The zero-order valence-corrected chi connectivity index (χ0v) is 19.2. The second-order valence-electron chi connectivity index (χ2n) is 7.58. The van der Waals surface area contributed by atoms with Crippen LogP contribution in [0, 0.1) is 0 Å². The van der Waals surface area contributed by atoms with Gasteiger partial charge in [0, 0.05) is 26.3 Å². The molecule has 0 saturated carbocycles. The lowest BCUT2D eigenvalue weighted by molar-refractivity contribution is 0.101. The highest BCUT2D eigenvalue weighted by atomic mass is 32.1. The van der Waals surface area contributed by atoms with Crippen molar-refractivity contribution < 1.29 is 14.3 Å². The molecule has 0 spiro atoms. The SMILES string of the molecule is CCc1cc(OC)c(-c2cc3ccccc3s2)cc1/C=C/C(=O)c1ccc(C(C)=O)cc1. The normalized spacial score (nSPS) is 11.2. The number of carbonyl (C=O) groups excluding carboxylic acids is 2. The number of fused-ring (bicyclic) bond motifs is 1. The smallest absolute Gasteiger partial charge is 0.185 e. The Morgan fingerprint density at radius 1 is 0.969 bits per heavy atom. The number of thiophene rings is 1. The Bertz CT molecular complexity index is 1290. The van der Waals surface area contributed by atoms with Crippen LogP contribution in [0.15, 0.2) is 72.8 Å². The molecule has 0 aliphatic rings. The molecule has 0 atom stereocenters. The van der Waals surface area contributed by atoms with E-state index in [1.165, 1.54) is 17.0 Å². The summed E-state index contributed by atoms with van der Waals surface area (Å²) >= 11 is 1.73. The summed E-state index contributed by atoms with van der Waals surface area (Å²) in [6.07, 6.45) is 4.29. The number of rotatable bonds is 7. The van der Waals surface area contributed by atoms with Crippen molar-refractivity contribution in [3.05, 3.63) is 95.1 Å². The second-order valence-corrected chi connectivity index (χ2v) is 8.67. The van der Waals surface area contributed by atoms with Gasteiger partial charge >= 0.3 is 0 Å². The average molecular weight is 441 g/mol. The van der Waals surface area contributed by atoms with Crippen LogP contribution in [0.3, 0.4) is 0 Å². The van der Waals surface area contributed by atoms with Gasteiger partial charge in [-0.25, -0.2) is 0 Å². The lowest BCUT2D eigenvalue weighted by Crippen LogP contribution is -1.98. The van der Waals surface area contributed by atoms with E-state index in [0.29, 0.717) is 11.1 Å². The third-order valence-corrected chi connectivity index (χ3v) is 6.67. The third-order valence-electron chi connectivity index (χ3n) is 5.52. The molecule has 0 aliphatic carbocycles. The van der Waals surface area contributed by atoms with Crippen LogP contribution in [0.2, 0.25) is 0 Å². The number of hydrogen-bond acceptors (Lipinski definition) is 4. The van der Waals surface area contributed by atoms with E-state index in [1.807, 2.05) is 18.2 Å². The van der Waals surface area contributed by atoms with Crippen molar-refractivity contribution in [1.29, 1.82) is 0 Å². The van der Waals surface area contributed by atoms with Crippen molar-refractivity contribution in [2.75, 3.05) is 7.11 Å². The number of allylic oxidation sites excluding steroid dienone is 1. The molecule has 0 unspecified atom stereocenters. The molecule has 0 fully saturated rings. The summed E-state index contributed by atoms with van der Waals surface area (Å²) in [5.74, 6) is 0.720. The highest BCUT2D eigenvalue weighted by Gasteiger charge is 2.13. The van der Waals surface area contributed by atoms with Crippen LogP contribution in [0.25, 0.3) is 26.6 Å². The van der Waals surface area contributed by atoms with Gasteiger partial charge in [-0.3, -0.25) is 9.59 Å². The maximum absolute atomic E-state index is 12.7. The lowest BCUT2D eigenvalue weighted by Gasteiger charge is -2.12. The van der Waals surface area contributed by atoms with E-state index in [4.69, 9.17) is 4.74 Å². The van der Waals surface area contributed by atoms with Gasteiger partial charge < -0.3 is 4.74 Å². The number of Topliss-reactive ketones (excluding diaryl/α,β-unsaturated/α-hetero) is 1. The molecule has 0 radical (unpaired) electrons. The first-order valence-corrected chi connectivity index (χ1v) is 11.3. The number of aryl methyl sites for hydroxylation is 1. The van der Waals surface area contributed by atoms with Crippen LogP contribution in [0.1, 0.15) is 45.7 Å². The van der Waals surface area contributed by atoms with Gasteiger partial charge in [0.2, 0.25) is 0 Å². The van der Waals surface area contributed by atoms with Gasteiger partial charge in [0.1, 0.15) is 5.75 Å². The number of benzene rings is 3. The van der Waals surface area contributed by atoms with Crippen LogP contribution in [-0.2, 0) is 6.42 Å². The molecule has 0 aliphatic heterocycles.